The van der Waals surface area contributed by atoms with Gasteiger partial charge in [-0.15, -0.1) is 0 Å². The van der Waals surface area contributed by atoms with Crippen molar-refractivity contribution in [3.8, 4) is 0 Å². The van der Waals surface area contributed by atoms with Crippen LogP contribution in [-0.2, 0) is 10.1 Å². The maximum atomic E-state index is 12.1. The molecule has 2 heterocycles. The van der Waals surface area contributed by atoms with Gasteiger partial charge in [-0.2, -0.15) is 8.42 Å². The molecule has 4 rings (SSSR count). The summed E-state index contributed by atoms with van der Waals surface area (Å²) in [6.45, 7) is 2.16. The van der Waals surface area contributed by atoms with Gasteiger partial charge in [0, 0.05) is 28.2 Å². The van der Waals surface area contributed by atoms with E-state index in [2.05, 4.69) is 14.9 Å². The monoisotopic (exact) mass is 413 g/mol. The highest BCUT2D eigenvalue weighted by atomic mass is 32.2. The first kappa shape index (κ1) is 18.9. The third kappa shape index (κ3) is 3.76. The van der Waals surface area contributed by atoms with E-state index >= 15 is 0 Å². The third-order valence-electron chi connectivity index (χ3n) is 4.61. The average molecular weight is 414 g/mol. The van der Waals surface area contributed by atoms with Crippen molar-refractivity contribution in [3.05, 3.63) is 72.3 Å². The second kappa shape index (κ2) is 7.54. The molecule has 8 heteroatoms. The summed E-state index contributed by atoms with van der Waals surface area (Å²) in [5, 5.41) is -1.18. The topological polar surface area (TPSA) is 83.4 Å². The Balaban J connectivity index is 1.69. The third-order valence-corrected chi connectivity index (χ3v) is 6.90. The van der Waals surface area contributed by atoms with E-state index in [1.165, 1.54) is 6.20 Å². The Morgan fingerprint density at radius 1 is 1.04 bits per heavy atom. The van der Waals surface area contributed by atoms with Gasteiger partial charge in [0.2, 0.25) is 0 Å². The van der Waals surface area contributed by atoms with Crippen LogP contribution in [0.5, 0.6) is 0 Å². The Hall–Kier alpha value is -2.42. The summed E-state index contributed by atoms with van der Waals surface area (Å²) in [6.07, 6.45) is 1.67. The van der Waals surface area contributed by atoms with Crippen molar-refractivity contribution in [2.45, 2.75) is 28.4 Å². The molecule has 0 fully saturated rings. The number of hydrogen-bond acceptors (Lipinski definition) is 6. The predicted molar refractivity (Wildman–Crippen MR) is 110 cm³/mol. The molecule has 0 saturated heterocycles. The van der Waals surface area contributed by atoms with Crippen LogP contribution >= 0.6 is 11.8 Å². The van der Waals surface area contributed by atoms with Crippen LogP contribution in [0.4, 0.5) is 11.4 Å². The minimum absolute atomic E-state index is 0.121. The zero-order valence-corrected chi connectivity index (χ0v) is 16.8. The molecular formula is C20H19N3O3S2. The smallest absolute Gasteiger partial charge is 0.275 e. The van der Waals surface area contributed by atoms with E-state index < -0.39 is 15.4 Å². The van der Waals surface area contributed by atoms with Crippen LogP contribution in [0, 0.1) is 6.92 Å². The first-order chi connectivity index (χ1) is 13.4. The van der Waals surface area contributed by atoms with E-state index in [9.17, 15) is 13.0 Å². The maximum Gasteiger partial charge on any atom is 0.275 e. The number of nitrogens with zero attached hydrogens (tertiary/aromatic N) is 3. The number of benzene rings is 2. The van der Waals surface area contributed by atoms with Crippen molar-refractivity contribution in [1.82, 2.24) is 9.97 Å². The van der Waals surface area contributed by atoms with Gasteiger partial charge >= 0.3 is 0 Å². The Bertz CT molecular complexity index is 1070. The van der Waals surface area contributed by atoms with Crippen LogP contribution in [0.15, 0.2) is 70.6 Å². The number of aromatic nitrogens is 2. The molecule has 1 N–H and O–H groups in total. The van der Waals surface area contributed by atoms with E-state index in [-0.39, 0.29) is 12.2 Å². The highest BCUT2D eigenvalue weighted by Gasteiger charge is 2.30. The molecule has 1 aromatic heterocycles. The van der Waals surface area contributed by atoms with Crippen molar-refractivity contribution >= 4 is 33.3 Å². The molecule has 0 amide bonds. The molecule has 28 heavy (non-hydrogen) atoms. The first-order valence-electron chi connectivity index (χ1n) is 8.83. The fourth-order valence-electron chi connectivity index (χ4n) is 3.30. The van der Waals surface area contributed by atoms with Crippen molar-refractivity contribution in [1.29, 1.82) is 0 Å². The number of anilines is 2. The minimum Gasteiger partial charge on any atom is -0.340 e. The van der Waals surface area contributed by atoms with Crippen molar-refractivity contribution < 1.29 is 13.0 Å². The molecular weight excluding hydrogens is 394 g/mol. The molecule has 1 aliphatic heterocycles. The molecule has 144 valence electrons. The Labute approximate surface area is 168 Å². The van der Waals surface area contributed by atoms with Crippen LogP contribution < -0.4 is 4.90 Å². The van der Waals surface area contributed by atoms with Crippen LogP contribution in [0.3, 0.4) is 0 Å². The van der Waals surface area contributed by atoms with Gasteiger partial charge in [0.15, 0.2) is 0 Å². The van der Waals surface area contributed by atoms with E-state index in [4.69, 9.17) is 0 Å². The Morgan fingerprint density at radius 3 is 2.21 bits per heavy atom. The first-order valence-corrected chi connectivity index (χ1v) is 11.1. The van der Waals surface area contributed by atoms with Crippen LogP contribution in [0.25, 0.3) is 0 Å². The van der Waals surface area contributed by atoms with Crippen LogP contribution in [-0.4, -0.2) is 29.5 Å². The molecule has 2 aromatic carbocycles. The van der Waals surface area contributed by atoms with Crippen LogP contribution in [0.1, 0.15) is 23.2 Å². The van der Waals surface area contributed by atoms with Gasteiger partial charge in [-0.05, 0) is 43.7 Å². The summed E-state index contributed by atoms with van der Waals surface area (Å²) < 4.78 is 33.9. The van der Waals surface area contributed by atoms with Gasteiger partial charge in [0.25, 0.3) is 10.1 Å². The SMILES string of the molecule is Cc1ccnc(C(CCN2c3ccccc3Sc3ccccc32)S(=O)(=O)O)n1. The molecule has 1 unspecified atom stereocenters. The number of rotatable bonds is 5. The quantitative estimate of drug-likeness (QED) is 0.620. The second-order valence-electron chi connectivity index (χ2n) is 6.54. The summed E-state index contributed by atoms with van der Waals surface area (Å²) in [5.74, 6) is 0.121. The molecule has 0 saturated carbocycles. The second-order valence-corrected chi connectivity index (χ2v) is 9.22. The fraction of sp³-hybridized carbons (Fsp3) is 0.200. The number of aryl methyl sites for hydroxylation is 1. The van der Waals surface area contributed by atoms with Crippen molar-refractivity contribution in [2.75, 3.05) is 11.4 Å². The molecule has 0 aliphatic carbocycles. The predicted octanol–water partition coefficient (Wildman–Crippen LogP) is 4.41. The van der Waals surface area contributed by atoms with Gasteiger partial charge in [-0.1, -0.05) is 36.0 Å². The molecule has 0 bridgehead atoms. The van der Waals surface area contributed by atoms with Gasteiger partial charge in [0.1, 0.15) is 11.1 Å². The largest absolute Gasteiger partial charge is 0.340 e. The van der Waals surface area contributed by atoms with E-state index in [0.717, 1.165) is 21.2 Å². The van der Waals surface area contributed by atoms with E-state index in [1.807, 2.05) is 48.5 Å². The number of para-hydroxylation sites is 2. The lowest BCUT2D eigenvalue weighted by Gasteiger charge is -2.33. The number of fused-ring (bicyclic) bond motifs is 2. The van der Waals surface area contributed by atoms with Gasteiger partial charge in [-0.3, -0.25) is 4.55 Å². The average Bonchev–Trinajstić information content (AvgIpc) is 2.66. The zero-order valence-electron chi connectivity index (χ0n) is 15.2. The number of hydrogen-bond donors (Lipinski definition) is 1. The molecule has 3 aromatic rings. The van der Waals surface area contributed by atoms with Crippen LogP contribution in [0.2, 0.25) is 0 Å². The minimum atomic E-state index is -4.35. The highest BCUT2D eigenvalue weighted by molar-refractivity contribution is 7.99. The van der Waals surface area contributed by atoms with Crippen molar-refractivity contribution in [2.24, 2.45) is 0 Å². The summed E-state index contributed by atoms with van der Waals surface area (Å²) in [4.78, 5) is 12.6. The van der Waals surface area contributed by atoms with E-state index in [1.54, 1.807) is 24.8 Å². The molecule has 0 spiro atoms. The molecule has 1 atom stereocenters. The summed E-state index contributed by atoms with van der Waals surface area (Å²) in [5.41, 5.74) is 2.69. The van der Waals surface area contributed by atoms with Crippen molar-refractivity contribution in [3.63, 3.8) is 0 Å². The highest BCUT2D eigenvalue weighted by Crippen LogP contribution is 2.48. The zero-order chi connectivity index (χ0) is 19.7. The Morgan fingerprint density at radius 2 is 1.64 bits per heavy atom. The Kier molecular flexibility index (Phi) is 5.09. The van der Waals surface area contributed by atoms with E-state index in [0.29, 0.717) is 12.2 Å². The maximum absolute atomic E-state index is 12.1. The lowest BCUT2D eigenvalue weighted by atomic mass is 10.2. The fourth-order valence-corrected chi connectivity index (χ4v) is 5.18. The summed E-state index contributed by atoms with van der Waals surface area (Å²) >= 11 is 1.69. The lowest BCUT2D eigenvalue weighted by Crippen LogP contribution is -2.26. The van der Waals surface area contributed by atoms with Gasteiger partial charge in [0.05, 0.1) is 11.4 Å². The van der Waals surface area contributed by atoms with Gasteiger partial charge < -0.3 is 4.90 Å². The summed E-state index contributed by atoms with van der Waals surface area (Å²) in [7, 11) is -4.35. The summed E-state index contributed by atoms with van der Waals surface area (Å²) in [6, 6.07) is 17.7. The standard InChI is InChI=1S/C20H19N3O3S2/c1-14-10-12-21-20(22-14)19(28(24,25)26)11-13-23-15-6-2-4-8-17(15)27-18-9-5-3-7-16(18)23/h2-10,12,19H,11,13H2,1H3,(H,24,25,26). The van der Waals surface area contributed by atoms with Gasteiger partial charge in [-0.25, -0.2) is 9.97 Å². The molecule has 6 nitrogen and oxygen atoms in total. The molecule has 1 aliphatic rings. The lowest BCUT2D eigenvalue weighted by molar-refractivity contribution is 0.461. The normalized spacial score (nSPS) is 14.3. The molecule has 0 radical (unpaired) electrons.